The predicted molar refractivity (Wildman–Crippen MR) is 71.6 cm³/mol. The number of allylic oxidation sites excluding steroid dienone is 2. The van der Waals surface area contributed by atoms with E-state index in [-0.39, 0.29) is 17.4 Å². The van der Waals surface area contributed by atoms with Crippen molar-refractivity contribution in [3.8, 4) is 11.5 Å². The number of rotatable bonds is 3. The number of phenolic OH excluding ortho intramolecular Hbond substituents is 2. The Kier molecular flexibility index (Phi) is 4.22. The van der Waals surface area contributed by atoms with Gasteiger partial charge in [-0.1, -0.05) is 25.0 Å². The van der Waals surface area contributed by atoms with Gasteiger partial charge in [-0.15, -0.1) is 0 Å². The van der Waals surface area contributed by atoms with Crippen molar-refractivity contribution in [2.24, 2.45) is 0 Å². The Morgan fingerprint density at radius 3 is 2.24 bits per heavy atom. The molecule has 0 saturated carbocycles. The molecule has 1 unspecified atom stereocenters. The van der Waals surface area contributed by atoms with Gasteiger partial charge in [-0.25, -0.2) is 0 Å². The average Bonchev–Trinajstić information content (AvgIpc) is 2.23. The number of phenols is 2. The van der Waals surface area contributed by atoms with Crippen LogP contribution in [0.2, 0.25) is 0 Å². The molecule has 0 aliphatic rings. The molecule has 0 aliphatic heterocycles. The van der Waals surface area contributed by atoms with Gasteiger partial charge in [0, 0.05) is 11.5 Å². The van der Waals surface area contributed by atoms with E-state index >= 15 is 0 Å². The van der Waals surface area contributed by atoms with Crippen molar-refractivity contribution in [1.29, 1.82) is 0 Å². The van der Waals surface area contributed by atoms with Crippen LogP contribution in [0.3, 0.4) is 0 Å². The number of hydrogen-bond acceptors (Lipinski definition) is 2. The molecule has 94 valence electrons. The van der Waals surface area contributed by atoms with Crippen LogP contribution in [-0.4, -0.2) is 10.2 Å². The van der Waals surface area contributed by atoms with Crippen LogP contribution >= 0.6 is 0 Å². The fourth-order valence-corrected chi connectivity index (χ4v) is 2.32. The van der Waals surface area contributed by atoms with Gasteiger partial charge in [0.05, 0.1) is 0 Å². The van der Waals surface area contributed by atoms with Gasteiger partial charge in [0.2, 0.25) is 0 Å². The Balaban J connectivity index is 3.26. The first-order valence-corrected chi connectivity index (χ1v) is 6.07. The molecule has 1 rings (SSSR count). The molecule has 0 aliphatic carbocycles. The lowest BCUT2D eigenvalue weighted by Crippen LogP contribution is -2.00. The van der Waals surface area contributed by atoms with Crippen LogP contribution in [0, 0.1) is 6.92 Å². The maximum absolute atomic E-state index is 9.98. The lowest BCUT2D eigenvalue weighted by Gasteiger charge is -2.19. The summed E-state index contributed by atoms with van der Waals surface area (Å²) < 4.78 is 0. The molecule has 0 amide bonds. The van der Waals surface area contributed by atoms with Gasteiger partial charge < -0.3 is 10.2 Å². The van der Waals surface area contributed by atoms with Crippen molar-refractivity contribution in [3.05, 3.63) is 34.4 Å². The third-order valence-corrected chi connectivity index (χ3v) is 3.36. The van der Waals surface area contributed by atoms with Crippen LogP contribution in [0.1, 0.15) is 51.2 Å². The van der Waals surface area contributed by atoms with E-state index < -0.39 is 0 Å². The van der Waals surface area contributed by atoms with E-state index in [9.17, 15) is 10.2 Å². The molecule has 17 heavy (non-hydrogen) atoms. The first-order valence-electron chi connectivity index (χ1n) is 6.07. The average molecular weight is 234 g/mol. The van der Waals surface area contributed by atoms with Gasteiger partial charge in [0.15, 0.2) is 0 Å². The molecule has 1 aromatic carbocycles. The monoisotopic (exact) mass is 234 g/mol. The normalized spacial score (nSPS) is 12.3. The van der Waals surface area contributed by atoms with Crippen molar-refractivity contribution in [3.63, 3.8) is 0 Å². The summed E-state index contributed by atoms with van der Waals surface area (Å²) >= 11 is 0. The molecule has 2 nitrogen and oxygen atoms in total. The topological polar surface area (TPSA) is 40.5 Å². The molecule has 1 atom stereocenters. The Morgan fingerprint density at radius 2 is 1.76 bits per heavy atom. The first-order chi connectivity index (χ1) is 7.88. The van der Waals surface area contributed by atoms with Crippen LogP contribution < -0.4 is 0 Å². The van der Waals surface area contributed by atoms with Gasteiger partial charge >= 0.3 is 0 Å². The standard InChI is InChI=1S/C15H22O2/c1-6-12(9(2)3)11(5)13-8-14(16)10(4)7-15(13)17/h7-8,11,16-17H,6H2,1-5H3. The number of benzene rings is 1. The second-order valence-corrected chi connectivity index (χ2v) is 4.80. The number of aromatic hydroxyl groups is 2. The van der Waals surface area contributed by atoms with E-state index in [2.05, 4.69) is 27.7 Å². The van der Waals surface area contributed by atoms with Crippen LogP contribution in [0.15, 0.2) is 23.3 Å². The highest BCUT2D eigenvalue weighted by Crippen LogP contribution is 2.37. The maximum atomic E-state index is 9.98. The zero-order chi connectivity index (χ0) is 13.2. The van der Waals surface area contributed by atoms with Crippen LogP contribution in [0.25, 0.3) is 0 Å². The van der Waals surface area contributed by atoms with E-state index in [1.165, 1.54) is 11.1 Å². The van der Waals surface area contributed by atoms with Crippen molar-refractivity contribution >= 4 is 0 Å². The molecule has 0 spiro atoms. The fourth-order valence-electron chi connectivity index (χ4n) is 2.32. The highest BCUT2D eigenvalue weighted by Gasteiger charge is 2.16. The Hall–Kier alpha value is -1.44. The van der Waals surface area contributed by atoms with E-state index in [1.54, 1.807) is 19.1 Å². The summed E-state index contributed by atoms with van der Waals surface area (Å²) in [5, 5.41) is 19.7. The molecule has 2 heteroatoms. The summed E-state index contributed by atoms with van der Waals surface area (Å²) in [6, 6.07) is 3.30. The quantitative estimate of drug-likeness (QED) is 0.606. The molecular weight excluding hydrogens is 212 g/mol. The van der Waals surface area contributed by atoms with Gasteiger partial charge in [-0.3, -0.25) is 0 Å². The molecule has 0 radical (unpaired) electrons. The van der Waals surface area contributed by atoms with E-state index in [0.29, 0.717) is 5.56 Å². The molecule has 2 N–H and O–H groups in total. The Morgan fingerprint density at radius 1 is 1.18 bits per heavy atom. The maximum Gasteiger partial charge on any atom is 0.119 e. The van der Waals surface area contributed by atoms with Crippen molar-refractivity contribution in [2.75, 3.05) is 0 Å². The van der Waals surface area contributed by atoms with Crippen molar-refractivity contribution < 1.29 is 10.2 Å². The van der Waals surface area contributed by atoms with Gasteiger partial charge in [-0.2, -0.15) is 0 Å². The first kappa shape index (κ1) is 13.6. The largest absolute Gasteiger partial charge is 0.508 e. The minimum absolute atomic E-state index is 0.136. The summed E-state index contributed by atoms with van der Waals surface area (Å²) in [5.74, 6) is 0.644. The van der Waals surface area contributed by atoms with E-state index in [1.807, 2.05) is 0 Å². The lowest BCUT2D eigenvalue weighted by molar-refractivity contribution is 0.448. The minimum atomic E-state index is 0.136. The second kappa shape index (κ2) is 5.26. The van der Waals surface area contributed by atoms with Crippen LogP contribution in [0.4, 0.5) is 0 Å². The molecule has 1 aromatic rings. The third-order valence-electron chi connectivity index (χ3n) is 3.36. The number of aryl methyl sites for hydroxylation is 1. The van der Waals surface area contributed by atoms with Crippen LogP contribution in [0.5, 0.6) is 11.5 Å². The molecular formula is C15H22O2. The summed E-state index contributed by atoms with van der Waals surface area (Å²) in [6.45, 7) is 10.1. The van der Waals surface area contributed by atoms with Gasteiger partial charge in [-0.05, 0) is 44.9 Å². The summed E-state index contributed by atoms with van der Waals surface area (Å²) in [5.41, 5.74) is 4.09. The fraction of sp³-hybridized carbons (Fsp3) is 0.467. The minimum Gasteiger partial charge on any atom is -0.508 e. The van der Waals surface area contributed by atoms with E-state index in [0.717, 1.165) is 12.0 Å². The third kappa shape index (κ3) is 2.82. The van der Waals surface area contributed by atoms with Crippen molar-refractivity contribution in [2.45, 2.75) is 47.0 Å². The molecule has 0 aromatic heterocycles. The highest BCUT2D eigenvalue weighted by atomic mass is 16.3. The summed E-state index contributed by atoms with van der Waals surface area (Å²) in [4.78, 5) is 0. The van der Waals surface area contributed by atoms with Crippen LogP contribution in [-0.2, 0) is 0 Å². The number of hydrogen-bond donors (Lipinski definition) is 2. The highest BCUT2D eigenvalue weighted by molar-refractivity contribution is 5.48. The molecule has 0 saturated heterocycles. The molecule has 0 heterocycles. The smallest absolute Gasteiger partial charge is 0.119 e. The molecule has 0 fully saturated rings. The van der Waals surface area contributed by atoms with Gasteiger partial charge in [0.1, 0.15) is 11.5 Å². The van der Waals surface area contributed by atoms with Crippen molar-refractivity contribution in [1.82, 2.24) is 0 Å². The van der Waals surface area contributed by atoms with E-state index in [4.69, 9.17) is 0 Å². The zero-order valence-electron chi connectivity index (χ0n) is 11.3. The second-order valence-electron chi connectivity index (χ2n) is 4.80. The summed E-state index contributed by atoms with van der Waals surface area (Å²) in [7, 11) is 0. The summed E-state index contributed by atoms with van der Waals surface area (Å²) in [6.07, 6.45) is 0.956. The SMILES string of the molecule is CCC(=C(C)C)C(C)c1cc(O)c(C)cc1O. The Labute approximate surface area is 104 Å². The van der Waals surface area contributed by atoms with Gasteiger partial charge in [0.25, 0.3) is 0 Å². The lowest BCUT2D eigenvalue weighted by atomic mass is 9.87. The molecule has 0 bridgehead atoms. The Bertz CT molecular complexity index is 440. The predicted octanol–water partition coefficient (Wildman–Crippen LogP) is 4.26. The zero-order valence-corrected chi connectivity index (χ0v) is 11.3.